The zero-order chi connectivity index (χ0) is 13.8. The van der Waals surface area contributed by atoms with E-state index in [9.17, 15) is 5.11 Å². The van der Waals surface area contributed by atoms with E-state index in [1.165, 1.54) is 0 Å². The van der Waals surface area contributed by atoms with Crippen LogP contribution in [0.4, 0.5) is 5.69 Å². The van der Waals surface area contributed by atoms with E-state index in [0.29, 0.717) is 17.3 Å². The van der Waals surface area contributed by atoms with Crippen molar-refractivity contribution in [3.05, 3.63) is 51.5 Å². The Kier molecular flexibility index (Phi) is 4.56. The minimum Gasteiger partial charge on any atom is -0.508 e. The number of phenols is 1. The lowest BCUT2D eigenvalue weighted by Crippen LogP contribution is -2.00. The summed E-state index contributed by atoms with van der Waals surface area (Å²) >= 11 is 9.30. The van der Waals surface area contributed by atoms with Crippen LogP contribution in [0.25, 0.3) is 0 Å². The van der Waals surface area contributed by atoms with Crippen molar-refractivity contribution in [1.82, 2.24) is 0 Å². The maximum absolute atomic E-state index is 9.78. The van der Waals surface area contributed by atoms with Gasteiger partial charge in [0.1, 0.15) is 11.5 Å². The maximum atomic E-state index is 9.78. The fourth-order valence-corrected chi connectivity index (χ4v) is 2.13. The largest absolute Gasteiger partial charge is 0.508 e. The van der Waals surface area contributed by atoms with Gasteiger partial charge in [0.25, 0.3) is 0 Å². The third-order valence-corrected chi connectivity index (χ3v) is 3.90. The van der Waals surface area contributed by atoms with Crippen LogP contribution >= 0.6 is 27.5 Å². The van der Waals surface area contributed by atoms with Gasteiger partial charge in [-0.25, -0.2) is 0 Å². The molecular weight excluding hydrogens is 330 g/mol. The monoisotopic (exact) mass is 341 g/mol. The number of methoxy groups -OCH3 is 1. The second-order valence-electron chi connectivity index (χ2n) is 3.98. The van der Waals surface area contributed by atoms with Crippen molar-refractivity contribution in [3.8, 4) is 11.5 Å². The van der Waals surface area contributed by atoms with Crippen molar-refractivity contribution in [2.45, 2.75) is 6.54 Å². The van der Waals surface area contributed by atoms with E-state index >= 15 is 0 Å². The molecular formula is C14H13BrClNO2. The number of rotatable bonds is 4. The molecule has 19 heavy (non-hydrogen) atoms. The predicted octanol–water partition coefficient (Wildman–Crippen LogP) is 4.43. The number of ether oxygens (including phenoxy) is 1. The lowest BCUT2D eigenvalue weighted by atomic mass is 10.2. The molecule has 0 saturated heterocycles. The molecule has 0 amide bonds. The lowest BCUT2D eigenvalue weighted by Gasteiger charge is -2.10. The van der Waals surface area contributed by atoms with Gasteiger partial charge in [-0.2, -0.15) is 0 Å². The molecule has 0 aliphatic rings. The van der Waals surface area contributed by atoms with Crippen LogP contribution in [-0.2, 0) is 6.54 Å². The molecule has 0 bridgehead atoms. The zero-order valence-corrected chi connectivity index (χ0v) is 12.6. The normalized spacial score (nSPS) is 10.3. The summed E-state index contributed by atoms with van der Waals surface area (Å²) in [6.07, 6.45) is 0. The molecule has 5 heteroatoms. The average molecular weight is 343 g/mol. The van der Waals surface area contributed by atoms with E-state index in [1.807, 2.05) is 12.1 Å². The molecule has 2 aromatic carbocycles. The second-order valence-corrected chi connectivity index (χ2v) is 5.24. The van der Waals surface area contributed by atoms with Gasteiger partial charge >= 0.3 is 0 Å². The molecule has 0 unspecified atom stereocenters. The smallest absolute Gasteiger partial charge is 0.120 e. The molecule has 3 nitrogen and oxygen atoms in total. The van der Waals surface area contributed by atoms with Gasteiger partial charge in [-0.15, -0.1) is 0 Å². The van der Waals surface area contributed by atoms with Crippen LogP contribution in [0.3, 0.4) is 0 Å². The lowest BCUT2D eigenvalue weighted by molar-refractivity contribution is 0.411. The van der Waals surface area contributed by atoms with Crippen LogP contribution in [0.2, 0.25) is 5.02 Å². The first-order chi connectivity index (χ1) is 9.10. The van der Waals surface area contributed by atoms with Crippen molar-refractivity contribution in [1.29, 1.82) is 0 Å². The molecule has 0 aromatic heterocycles. The summed E-state index contributed by atoms with van der Waals surface area (Å²) in [7, 11) is 1.60. The quantitative estimate of drug-likeness (QED) is 0.863. The number of hydrogen-bond acceptors (Lipinski definition) is 3. The minimum absolute atomic E-state index is 0.237. The second kappa shape index (κ2) is 6.17. The summed E-state index contributed by atoms with van der Waals surface area (Å²) < 4.78 is 5.96. The van der Waals surface area contributed by atoms with Gasteiger partial charge in [0, 0.05) is 22.3 Å². The van der Waals surface area contributed by atoms with E-state index < -0.39 is 0 Å². The molecule has 0 atom stereocenters. The fourth-order valence-electron chi connectivity index (χ4n) is 1.63. The molecule has 2 aromatic rings. The van der Waals surface area contributed by atoms with Crippen LogP contribution < -0.4 is 10.1 Å². The number of nitrogens with one attached hydrogen (secondary N) is 1. The highest BCUT2D eigenvalue weighted by molar-refractivity contribution is 9.10. The number of phenolic OH excluding ortho intramolecular Hbond substituents is 1. The Morgan fingerprint density at radius 3 is 2.74 bits per heavy atom. The van der Waals surface area contributed by atoms with Gasteiger partial charge in [0.2, 0.25) is 0 Å². The molecule has 2 N–H and O–H groups in total. The van der Waals surface area contributed by atoms with Crippen molar-refractivity contribution < 1.29 is 9.84 Å². The number of anilines is 1. The summed E-state index contributed by atoms with van der Waals surface area (Å²) in [6.45, 7) is 0.497. The minimum atomic E-state index is 0.237. The van der Waals surface area contributed by atoms with E-state index in [1.54, 1.807) is 31.4 Å². The third kappa shape index (κ3) is 3.55. The van der Waals surface area contributed by atoms with E-state index in [2.05, 4.69) is 21.2 Å². The van der Waals surface area contributed by atoms with Crippen LogP contribution in [0, 0.1) is 0 Å². The number of aromatic hydroxyl groups is 1. The summed E-state index contributed by atoms with van der Waals surface area (Å²) in [5, 5.41) is 13.7. The number of benzene rings is 2. The van der Waals surface area contributed by atoms with E-state index in [4.69, 9.17) is 16.3 Å². The molecule has 0 heterocycles. The topological polar surface area (TPSA) is 41.5 Å². The standard InChI is InChI=1S/C14H13BrClNO2/c1-19-11-3-5-14(18)9(6-11)8-17-10-2-4-13(16)12(15)7-10/h2-7,17-18H,8H2,1H3. The van der Waals surface area contributed by atoms with Gasteiger partial charge in [-0.3, -0.25) is 0 Å². The average Bonchev–Trinajstić information content (AvgIpc) is 2.41. The molecule has 0 aliphatic heterocycles. The summed E-state index contributed by atoms with van der Waals surface area (Å²) in [6, 6.07) is 10.7. The first kappa shape index (κ1) is 14.0. The Morgan fingerprint density at radius 2 is 2.05 bits per heavy atom. The van der Waals surface area contributed by atoms with Gasteiger partial charge in [0.05, 0.1) is 12.1 Å². The molecule has 0 spiro atoms. The van der Waals surface area contributed by atoms with Crippen molar-refractivity contribution in [2.75, 3.05) is 12.4 Å². The van der Waals surface area contributed by atoms with Gasteiger partial charge in [-0.1, -0.05) is 11.6 Å². The summed E-state index contributed by atoms with van der Waals surface area (Å²) in [4.78, 5) is 0. The maximum Gasteiger partial charge on any atom is 0.120 e. The molecule has 0 aliphatic carbocycles. The van der Waals surface area contributed by atoms with Gasteiger partial charge < -0.3 is 15.2 Å². The SMILES string of the molecule is COc1ccc(O)c(CNc2ccc(Cl)c(Br)c2)c1. The fraction of sp³-hybridized carbons (Fsp3) is 0.143. The first-order valence-corrected chi connectivity index (χ1v) is 6.82. The molecule has 100 valence electrons. The highest BCUT2D eigenvalue weighted by atomic mass is 79.9. The van der Waals surface area contributed by atoms with Crippen molar-refractivity contribution in [2.24, 2.45) is 0 Å². The number of hydrogen-bond donors (Lipinski definition) is 2. The predicted molar refractivity (Wildman–Crippen MR) is 81.1 cm³/mol. The zero-order valence-electron chi connectivity index (χ0n) is 10.3. The highest BCUT2D eigenvalue weighted by Gasteiger charge is 2.04. The van der Waals surface area contributed by atoms with E-state index in [-0.39, 0.29) is 5.75 Å². The van der Waals surface area contributed by atoms with Crippen LogP contribution in [0.15, 0.2) is 40.9 Å². The highest BCUT2D eigenvalue weighted by Crippen LogP contribution is 2.27. The molecule has 0 radical (unpaired) electrons. The van der Waals surface area contributed by atoms with Crippen molar-refractivity contribution in [3.63, 3.8) is 0 Å². The summed E-state index contributed by atoms with van der Waals surface area (Å²) in [5.41, 5.74) is 1.68. The molecule has 2 rings (SSSR count). The molecule has 0 fully saturated rings. The Labute approximate surface area is 125 Å². The van der Waals surface area contributed by atoms with Crippen LogP contribution in [-0.4, -0.2) is 12.2 Å². The third-order valence-electron chi connectivity index (χ3n) is 2.69. The Morgan fingerprint density at radius 1 is 1.26 bits per heavy atom. The van der Waals surface area contributed by atoms with Gasteiger partial charge in [-0.05, 0) is 52.3 Å². The van der Waals surface area contributed by atoms with Crippen LogP contribution in [0.5, 0.6) is 11.5 Å². The Bertz CT molecular complexity index is 590. The Hall–Kier alpha value is -1.39. The molecule has 0 saturated carbocycles. The Balaban J connectivity index is 2.11. The first-order valence-electron chi connectivity index (χ1n) is 5.65. The summed E-state index contributed by atoms with van der Waals surface area (Å²) in [5.74, 6) is 0.952. The van der Waals surface area contributed by atoms with Crippen molar-refractivity contribution >= 4 is 33.2 Å². The van der Waals surface area contributed by atoms with Crippen LogP contribution in [0.1, 0.15) is 5.56 Å². The van der Waals surface area contributed by atoms with Gasteiger partial charge in [0.15, 0.2) is 0 Å². The van der Waals surface area contributed by atoms with E-state index in [0.717, 1.165) is 15.7 Å². The number of halogens is 2.